The first-order chi connectivity index (χ1) is 12.0. The maximum atomic E-state index is 12.7. The summed E-state index contributed by atoms with van der Waals surface area (Å²) in [7, 11) is 0. The molecule has 0 unspecified atom stereocenters. The zero-order chi connectivity index (χ0) is 18.0. The van der Waals surface area contributed by atoms with Gasteiger partial charge in [-0.3, -0.25) is 19.3 Å². The quantitative estimate of drug-likeness (QED) is 0.568. The first kappa shape index (κ1) is 16.4. The third kappa shape index (κ3) is 3.14. The van der Waals surface area contributed by atoms with Gasteiger partial charge in [-0.1, -0.05) is 6.07 Å². The number of benzene rings is 1. The van der Waals surface area contributed by atoms with Gasteiger partial charge in [-0.15, -0.1) is 0 Å². The number of anilines is 1. The van der Waals surface area contributed by atoms with E-state index in [9.17, 15) is 14.9 Å². The van der Waals surface area contributed by atoms with E-state index in [1.54, 1.807) is 35.7 Å². The minimum Gasteiger partial charge on any atom is -0.490 e. The number of fused-ring (bicyclic) bond motifs is 1. The number of ether oxygens (including phenoxy) is 1. The van der Waals surface area contributed by atoms with E-state index in [1.807, 2.05) is 6.92 Å². The fraction of sp³-hybridized carbons (Fsp3) is 0.176. The van der Waals surface area contributed by atoms with Crippen LogP contribution >= 0.6 is 0 Å². The van der Waals surface area contributed by atoms with Crippen LogP contribution in [0.5, 0.6) is 5.75 Å². The Morgan fingerprint density at radius 2 is 2.16 bits per heavy atom. The van der Waals surface area contributed by atoms with Gasteiger partial charge in [0.2, 0.25) is 0 Å². The van der Waals surface area contributed by atoms with Gasteiger partial charge in [-0.25, -0.2) is 4.98 Å². The van der Waals surface area contributed by atoms with Gasteiger partial charge in [-0.2, -0.15) is 0 Å². The Morgan fingerprint density at radius 3 is 2.88 bits per heavy atom. The average molecular weight is 340 g/mol. The van der Waals surface area contributed by atoms with E-state index in [4.69, 9.17) is 4.74 Å². The summed E-state index contributed by atoms with van der Waals surface area (Å²) >= 11 is 0. The number of amides is 1. The third-order valence-corrected chi connectivity index (χ3v) is 3.62. The van der Waals surface area contributed by atoms with Crippen molar-refractivity contribution in [2.75, 3.05) is 11.9 Å². The highest BCUT2D eigenvalue weighted by Crippen LogP contribution is 2.23. The molecule has 0 saturated heterocycles. The Kier molecular flexibility index (Phi) is 4.34. The summed E-state index contributed by atoms with van der Waals surface area (Å²) in [5.41, 5.74) is 1.69. The summed E-state index contributed by atoms with van der Waals surface area (Å²) in [5.74, 6) is 0.182. The van der Waals surface area contributed by atoms with Crippen LogP contribution in [-0.4, -0.2) is 26.8 Å². The summed E-state index contributed by atoms with van der Waals surface area (Å²) in [6.45, 7) is 4.08. The fourth-order valence-corrected chi connectivity index (χ4v) is 2.59. The third-order valence-electron chi connectivity index (χ3n) is 3.62. The summed E-state index contributed by atoms with van der Waals surface area (Å²) in [5, 5.41) is 13.5. The maximum Gasteiger partial charge on any atom is 0.274 e. The number of imidazole rings is 1. The Labute approximate surface area is 143 Å². The maximum absolute atomic E-state index is 12.7. The smallest absolute Gasteiger partial charge is 0.274 e. The molecule has 0 atom stereocenters. The van der Waals surface area contributed by atoms with Crippen molar-refractivity contribution in [3.63, 3.8) is 0 Å². The predicted octanol–water partition coefficient (Wildman–Crippen LogP) is 3.20. The van der Waals surface area contributed by atoms with E-state index >= 15 is 0 Å². The molecule has 3 rings (SSSR count). The molecule has 0 aliphatic carbocycles. The van der Waals surface area contributed by atoms with Gasteiger partial charge in [0.05, 0.1) is 17.2 Å². The van der Waals surface area contributed by atoms with Crippen molar-refractivity contribution in [1.29, 1.82) is 0 Å². The molecule has 0 aliphatic rings. The van der Waals surface area contributed by atoms with Crippen molar-refractivity contribution >= 4 is 22.9 Å². The normalized spacial score (nSPS) is 10.6. The number of nitro benzene ring substituents is 1. The number of rotatable bonds is 5. The molecule has 0 fully saturated rings. The van der Waals surface area contributed by atoms with Crippen LogP contribution in [0, 0.1) is 17.0 Å². The van der Waals surface area contributed by atoms with Crippen molar-refractivity contribution in [3.8, 4) is 5.75 Å². The fourth-order valence-electron chi connectivity index (χ4n) is 2.59. The second kappa shape index (κ2) is 6.60. The number of aryl methyl sites for hydroxylation is 1. The summed E-state index contributed by atoms with van der Waals surface area (Å²) in [6, 6.07) is 9.33. The molecule has 0 bridgehead atoms. The molecule has 2 aromatic heterocycles. The summed E-state index contributed by atoms with van der Waals surface area (Å²) in [4.78, 5) is 27.4. The highest BCUT2D eigenvalue weighted by atomic mass is 16.6. The zero-order valence-corrected chi connectivity index (χ0v) is 13.7. The van der Waals surface area contributed by atoms with Gasteiger partial charge in [0.1, 0.15) is 5.69 Å². The molecule has 25 heavy (non-hydrogen) atoms. The lowest BCUT2D eigenvalue weighted by Gasteiger charge is -2.07. The van der Waals surface area contributed by atoms with Gasteiger partial charge in [-0.05, 0) is 32.0 Å². The number of hydrogen-bond acceptors (Lipinski definition) is 5. The number of carbonyl (C=O) groups is 1. The number of nitrogens with one attached hydrogen (secondary N) is 1. The second-order valence-electron chi connectivity index (χ2n) is 5.31. The lowest BCUT2D eigenvalue weighted by molar-refractivity contribution is -0.384. The molecule has 1 amide bonds. The number of nitrogens with zero attached hydrogens (tertiary/aromatic N) is 3. The van der Waals surface area contributed by atoms with Crippen molar-refractivity contribution in [2.45, 2.75) is 13.8 Å². The number of carbonyl (C=O) groups excluding carboxylic acids is 1. The first-order valence-electron chi connectivity index (χ1n) is 7.67. The molecule has 1 N–H and O–H groups in total. The molecule has 1 aromatic carbocycles. The Morgan fingerprint density at radius 1 is 1.36 bits per heavy atom. The number of hydrogen-bond donors (Lipinski definition) is 1. The van der Waals surface area contributed by atoms with Crippen molar-refractivity contribution in [2.24, 2.45) is 0 Å². The molecule has 128 valence electrons. The van der Waals surface area contributed by atoms with Crippen LogP contribution in [-0.2, 0) is 0 Å². The van der Waals surface area contributed by atoms with Crippen LogP contribution in [0.2, 0.25) is 0 Å². The monoisotopic (exact) mass is 340 g/mol. The van der Waals surface area contributed by atoms with Crippen molar-refractivity contribution < 1.29 is 14.5 Å². The van der Waals surface area contributed by atoms with Crippen LogP contribution in [0.1, 0.15) is 23.1 Å². The number of aromatic nitrogens is 2. The van der Waals surface area contributed by atoms with Gasteiger partial charge >= 0.3 is 0 Å². The summed E-state index contributed by atoms with van der Waals surface area (Å²) in [6.07, 6.45) is 1.72. The Balaban J connectivity index is 1.97. The van der Waals surface area contributed by atoms with Gasteiger partial charge < -0.3 is 10.1 Å². The van der Waals surface area contributed by atoms with E-state index in [0.717, 1.165) is 0 Å². The highest BCUT2D eigenvalue weighted by molar-refractivity contribution is 6.04. The standard InChI is InChI=1S/C17H16N4O4/c1-3-25-14-8-5-9-20-15(11(2)18-16(14)20)17(22)19-12-6-4-7-13(10-12)21(23)24/h4-10H,3H2,1-2H3,(H,19,22). The molecule has 0 radical (unpaired) electrons. The van der Waals surface area contributed by atoms with Crippen LogP contribution in [0.15, 0.2) is 42.6 Å². The SMILES string of the molecule is CCOc1cccn2c(C(=O)Nc3cccc([N+](=O)[O-])c3)c(C)nc12. The minimum absolute atomic E-state index is 0.0914. The number of non-ortho nitro benzene ring substituents is 1. The van der Waals surface area contributed by atoms with Gasteiger partial charge in [0, 0.05) is 24.0 Å². The van der Waals surface area contributed by atoms with E-state index in [2.05, 4.69) is 10.3 Å². The molecular weight excluding hydrogens is 324 g/mol. The van der Waals surface area contributed by atoms with E-state index in [0.29, 0.717) is 35.1 Å². The predicted molar refractivity (Wildman–Crippen MR) is 92.1 cm³/mol. The van der Waals surface area contributed by atoms with E-state index < -0.39 is 10.8 Å². The van der Waals surface area contributed by atoms with E-state index in [1.165, 1.54) is 18.2 Å². The molecule has 2 heterocycles. The van der Waals surface area contributed by atoms with Crippen molar-refractivity contribution in [3.05, 3.63) is 64.1 Å². The van der Waals surface area contributed by atoms with Gasteiger partial charge in [0.25, 0.3) is 11.6 Å². The average Bonchev–Trinajstić information content (AvgIpc) is 2.92. The van der Waals surface area contributed by atoms with Gasteiger partial charge in [0.15, 0.2) is 11.4 Å². The highest BCUT2D eigenvalue weighted by Gasteiger charge is 2.19. The van der Waals surface area contributed by atoms with Crippen LogP contribution in [0.3, 0.4) is 0 Å². The van der Waals surface area contributed by atoms with Crippen molar-refractivity contribution in [1.82, 2.24) is 9.38 Å². The molecule has 3 aromatic rings. The van der Waals surface area contributed by atoms with Crippen LogP contribution < -0.4 is 10.1 Å². The first-order valence-corrected chi connectivity index (χ1v) is 7.67. The van der Waals surface area contributed by atoms with Crippen LogP contribution in [0.25, 0.3) is 5.65 Å². The van der Waals surface area contributed by atoms with E-state index in [-0.39, 0.29) is 5.69 Å². The zero-order valence-electron chi connectivity index (χ0n) is 13.7. The number of nitro groups is 1. The van der Waals surface area contributed by atoms with Crippen LogP contribution in [0.4, 0.5) is 11.4 Å². The lowest BCUT2D eigenvalue weighted by Crippen LogP contribution is -2.15. The molecule has 0 aliphatic heterocycles. The molecule has 0 spiro atoms. The Hall–Kier alpha value is -3.42. The molecule has 8 heteroatoms. The number of pyridine rings is 1. The summed E-state index contributed by atoms with van der Waals surface area (Å²) < 4.78 is 7.18. The largest absolute Gasteiger partial charge is 0.490 e. The molecule has 0 saturated carbocycles. The lowest BCUT2D eigenvalue weighted by atomic mass is 10.2. The minimum atomic E-state index is -0.510. The topological polar surface area (TPSA) is 98.8 Å². The Bertz CT molecular complexity index is 964. The second-order valence-corrected chi connectivity index (χ2v) is 5.31. The molecule has 8 nitrogen and oxygen atoms in total. The molecular formula is C17H16N4O4.